The maximum absolute atomic E-state index is 12.2. The molecule has 8 heteroatoms. The minimum atomic E-state index is -0.763. The molecule has 0 radical (unpaired) electrons. The molecule has 0 N–H and O–H groups in total. The maximum atomic E-state index is 12.2. The van der Waals surface area contributed by atoms with Crippen LogP contribution in [0, 0.1) is 32.1 Å². The smallest absolute Gasteiger partial charge is 0.338 e. The van der Waals surface area contributed by atoms with E-state index >= 15 is 0 Å². The summed E-state index contributed by atoms with van der Waals surface area (Å²) in [5, 5.41) is 21.7. The molecule has 0 aromatic heterocycles. The molecule has 22 heavy (non-hydrogen) atoms. The molecule has 2 bridgehead atoms. The van der Waals surface area contributed by atoms with Crippen molar-refractivity contribution in [2.75, 3.05) is 0 Å². The zero-order valence-electron chi connectivity index (χ0n) is 11.6. The van der Waals surface area contributed by atoms with Crippen molar-refractivity contribution in [3.05, 3.63) is 44.0 Å². The first-order valence-electron chi connectivity index (χ1n) is 7.09. The van der Waals surface area contributed by atoms with E-state index in [1.165, 1.54) is 0 Å². The highest BCUT2D eigenvalue weighted by Crippen LogP contribution is 2.46. The Morgan fingerprint density at radius 2 is 1.68 bits per heavy atom. The molecule has 0 heterocycles. The molecule has 116 valence electrons. The Labute approximate surface area is 125 Å². The Morgan fingerprint density at radius 1 is 1.05 bits per heavy atom. The predicted octanol–water partition coefficient (Wildman–Crippen LogP) is 2.85. The zero-order valence-corrected chi connectivity index (χ0v) is 11.6. The number of nitrogens with zero attached hydrogens (tertiary/aromatic N) is 2. The lowest BCUT2D eigenvalue weighted by atomic mass is 9.98. The van der Waals surface area contributed by atoms with E-state index in [1.54, 1.807) is 0 Å². The van der Waals surface area contributed by atoms with E-state index in [1.807, 2.05) is 0 Å². The van der Waals surface area contributed by atoms with Gasteiger partial charge in [-0.1, -0.05) is 0 Å². The van der Waals surface area contributed by atoms with Gasteiger partial charge >= 0.3 is 5.97 Å². The molecule has 0 unspecified atom stereocenters. The van der Waals surface area contributed by atoms with Gasteiger partial charge in [0.05, 0.1) is 21.5 Å². The fourth-order valence-electron chi connectivity index (χ4n) is 3.46. The standard InChI is InChI=1S/C14H14N2O6/c17-14(22-13-4-8-1-2-9(13)3-8)10-5-11(15(18)19)7-12(6-10)16(20)21/h5-9,13H,1-4H2/t8-,9+,13-/m1/s1. The molecular weight excluding hydrogens is 292 g/mol. The van der Waals surface area contributed by atoms with Crippen molar-refractivity contribution >= 4 is 17.3 Å². The predicted molar refractivity (Wildman–Crippen MR) is 74.4 cm³/mol. The summed E-state index contributed by atoms with van der Waals surface area (Å²) in [6, 6.07) is 2.86. The molecule has 1 aromatic carbocycles. The zero-order chi connectivity index (χ0) is 15.9. The Hall–Kier alpha value is -2.51. The molecule has 3 atom stereocenters. The van der Waals surface area contributed by atoms with E-state index in [0.29, 0.717) is 11.8 Å². The number of benzene rings is 1. The fraction of sp³-hybridized carbons (Fsp3) is 0.500. The van der Waals surface area contributed by atoms with Crippen LogP contribution in [-0.2, 0) is 4.74 Å². The monoisotopic (exact) mass is 306 g/mol. The maximum Gasteiger partial charge on any atom is 0.338 e. The molecule has 0 amide bonds. The second-order valence-electron chi connectivity index (χ2n) is 5.87. The number of carbonyl (C=O) groups is 1. The quantitative estimate of drug-likeness (QED) is 0.480. The van der Waals surface area contributed by atoms with Crippen LogP contribution in [-0.4, -0.2) is 21.9 Å². The third-order valence-corrected chi connectivity index (χ3v) is 4.49. The second kappa shape index (κ2) is 5.36. The highest BCUT2D eigenvalue weighted by molar-refractivity contribution is 5.91. The van der Waals surface area contributed by atoms with Crippen molar-refractivity contribution in [2.45, 2.75) is 31.8 Å². The third-order valence-electron chi connectivity index (χ3n) is 4.49. The van der Waals surface area contributed by atoms with E-state index in [0.717, 1.165) is 43.9 Å². The highest BCUT2D eigenvalue weighted by Gasteiger charge is 2.42. The first-order chi connectivity index (χ1) is 10.4. The van der Waals surface area contributed by atoms with E-state index in [4.69, 9.17) is 4.74 Å². The number of nitro benzene ring substituents is 2. The molecule has 0 aliphatic heterocycles. The van der Waals surface area contributed by atoms with E-state index in [9.17, 15) is 25.0 Å². The summed E-state index contributed by atoms with van der Waals surface area (Å²) in [6.45, 7) is 0. The molecule has 0 spiro atoms. The Kier molecular flexibility index (Phi) is 3.51. The average Bonchev–Trinajstić information content (AvgIpc) is 3.09. The normalized spacial score (nSPS) is 25.9. The SMILES string of the molecule is O=C(O[C@@H]1C[C@@H]2CC[C@H]1C2)c1cc([N+](=O)[O-])cc([N+](=O)[O-])c1. The van der Waals surface area contributed by atoms with Gasteiger partial charge in [0, 0.05) is 12.1 Å². The van der Waals surface area contributed by atoms with Crippen LogP contribution in [0.1, 0.15) is 36.0 Å². The highest BCUT2D eigenvalue weighted by atomic mass is 16.6. The van der Waals surface area contributed by atoms with Gasteiger partial charge in [-0.2, -0.15) is 0 Å². The number of carbonyl (C=O) groups excluding carboxylic acids is 1. The van der Waals surface area contributed by atoms with Crippen molar-refractivity contribution in [1.82, 2.24) is 0 Å². The first-order valence-corrected chi connectivity index (χ1v) is 7.09. The number of fused-ring (bicyclic) bond motifs is 2. The summed E-state index contributed by atoms with van der Waals surface area (Å²) in [6.07, 6.45) is 3.86. The molecule has 2 fully saturated rings. The van der Waals surface area contributed by atoms with Crippen molar-refractivity contribution in [3.63, 3.8) is 0 Å². The van der Waals surface area contributed by atoms with E-state index < -0.39 is 27.2 Å². The summed E-state index contributed by atoms with van der Waals surface area (Å²) >= 11 is 0. The lowest BCUT2D eigenvalue weighted by Gasteiger charge is -2.21. The molecule has 8 nitrogen and oxygen atoms in total. The van der Waals surface area contributed by atoms with Gasteiger partial charge in [0.2, 0.25) is 0 Å². The van der Waals surface area contributed by atoms with Crippen LogP contribution in [0.3, 0.4) is 0 Å². The number of non-ortho nitro benzene ring substituents is 2. The van der Waals surface area contributed by atoms with Crippen LogP contribution in [0.4, 0.5) is 11.4 Å². The number of rotatable bonds is 4. The summed E-state index contributed by atoms with van der Waals surface area (Å²) in [5.41, 5.74) is -1.13. The van der Waals surface area contributed by atoms with Crippen LogP contribution in [0.15, 0.2) is 18.2 Å². The molecule has 1 aromatic rings. The molecule has 2 saturated carbocycles. The van der Waals surface area contributed by atoms with Gasteiger partial charge in [0.15, 0.2) is 0 Å². The number of hydrogen-bond donors (Lipinski definition) is 0. The van der Waals surface area contributed by atoms with Gasteiger partial charge < -0.3 is 4.74 Å². The first kappa shape index (κ1) is 14.4. The van der Waals surface area contributed by atoms with Crippen LogP contribution in [0.2, 0.25) is 0 Å². The van der Waals surface area contributed by atoms with Gasteiger partial charge in [0.1, 0.15) is 6.10 Å². The van der Waals surface area contributed by atoms with Crippen LogP contribution in [0.5, 0.6) is 0 Å². The van der Waals surface area contributed by atoms with Crippen molar-refractivity contribution in [2.24, 2.45) is 11.8 Å². The van der Waals surface area contributed by atoms with Crippen LogP contribution < -0.4 is 0 Å². The van der Waals surface area contributed by atoms with Gasteiger partial charge in [-0.05, 0) is 37.5 Å². The number of hydrogen-bond acceptors (Lipinski definition) is 6. The van der Waals surface area contributed by atoms with Crippen molar-refractivity contribution in [3.8, 4) is 0 Å². The average molecular weight is 306 g/mol. The van der Waals surface area contributed by atoms with Crippen molar-refractivity contribution < 1.29 is 19.4 Å². The van der Waals surface area contributed by atoms with Crippen molar-refractivity contribution in [1.29, 1.82) is 0 Å². The lowest BCUT2D eigenvalue weighted by molar-refractivity contribution is -0.394. The molecule has 2 aliphatic rings. The minimum absolute atomic E-state index is 0.149. The molecule has 0 saturated heterocycles. The second-order valence-corrected chi connectivity index (χ2v) is 5.87. The Balaban J connectivity index is 1.82. The topological polar surface area (TPSA) is 113 Å². The Morgan fingerprint density at radius 3 is 2.14 bits per heavy atom. The molecule has 3 rings (SSSR count). The summed E-state index contributed by atoms with van der Waals surface area (Å²) in [4.78, 5) is 32.3. The number of esters is 1. The van der Waals surface area contributed by atoms with Gasteiger partial charge in [-0.3, -0.25) is 20.2 Å². The molecule has 2 aliphatic carbocycles. The van der Waals surface area contributed by atoms with Gasteiger partial charge in [0.25, 0.3) is 11.4 Å². The Bertz CT molecular complexity index is 626. The number of nitro groups is 2. The largest absolute Gasteiger partial charge is 0.458 e. The van der Waals surface area contributed by atoms with Crippen LogP contribution in [0.25, 0.3) is 0 Å². The third kappa shape index (κ3) is 2.63. The summed E-state index contributed by atoms with van der Waals surface area (Å²) in [7, 11) is 0. The molecular formula is C14H14N2O6. The lowest BCUT2D eigenvalue weighted by Crippen LogP contribution is -2.24. The van der Waals surface area contributed by atoms with E-state index in [-0.39, 0.29) is 11.7 Å². The van der Waals surface area contributed by atoms with Gasteiger partial charge in [-0.15, -0.1) is 0 Å². The summed E-state index contributed by atoms with van der Waals surface area (Å²) < 4.78 is 5.42. The van der Waals surface area contributed by atoms with E-state index in [2.05, 4.69) is 0 Å². The van der Waals surface area contributed by atoms with Gasteiger partial charge in [-0.25, -0.2) is 4.79 Å². The summed E-state index contributed by atoms with van der Waals surface area (Å²) in [5.74, 6) is 0.203. The fourth-order valence-corrected chi connectivity index (χ4v) is 3.46. The van der Waals surface area contributed by atoms with Crippen LogP contribution >= 0.6 is 0 Å². The minimum Gasteiger partial charge on any atom is -0.458 e. The number of ether oxygens (including phenoxy) is 1.